The average Bonchev–Trinajstić information content (AvgIpc) is 3.59. The Bertz CT molecular complexity index is 1550. The maximum absolute atomic E-state index is 15.3. The van der Waals surface area contributed by atoms with Gasteiger partial charge in [-0.25, -0.2) is 14.1 Å². The Kier molecular flexibility index (Phi) is 6.73. The van der Waals surface area contributed by atoms with Crippen LogP contribution >= 0.6 is 11.6 Å². The van der Waals surface area contributed by atoms with Crippen molar-refractivity contribution in [3.8, 4) is 22.9 Å². The van der Waals surface area contributed by atoms with Crippen molar-refractivity contribution < 1.29 is 22.4 Å². The zero-order valence-electron chi connectivity index (χ0n) is 21.5. The number of imidazole rings is 1. The summed E-state index contributed by atoms with van der Waals surface area (Å²) in [6, 6.07) is 3.48. The highest BCUT2D eigenvalue weighted by Crippen LogP contribution is 2.36. The van der Waals surface area contributed by atoms with Gasteiger partial charge in [-0.2, -0.15) is 23.3 Å². The normalized spacial score (nSPS) is 14.8. The van der Waals surface area contributed by atoms with Crippen LogP contribution in [0.5, 0.6) is 0 Å². The highest BCUT2D eigenvalue weighted by molar-refractivity contribution is 6.32. The molecule has 1 amide bonds. The number of fused-ring (bicyclic) bond motifs is 1. The lowest BCUT2D eigenvalue weighted by molar-refractivity contribution is -0.140. The van der Waals surface area contributed by atoms with Crippen molar-refractivity contribution in [2.24, 2.45) is 0 Å². The van der Waals surface area contributed by atoms with E-state index in [2.05, 4.69) is 20.2 Å². The molecular formula is C25H25ClF4N8O. The Balaban J connectivity index is 1.51. The van der Waals surface area contributed by atoms with Crippen molar-refractivity contribution in [2.75, 3.05) is 4.90 Å². The number of rotatable bonds is 6. The number of hydrogen-bond acceptors (Lipinski definition) is 5. The van der Waals surface area contributed by atoms with Gasteiger partial charge in [-0.3, -0.25) is 14.4 Å². The van der Waals surface area contributed by atoms with Crippen LogP contribution in [0.2, 0.25) is 5.02 Å². The minimum atomic E-state index is -4.65. The second-order valence-electron chi connectivity index (χ2n) is 9.50. The van der Waals surface area contributed by atoms with Crippen LogP contribution in [0.4, 0.5) is 23.5 Å². The lowest BCUT2D eigenvalue weighted by Crippen LogP contribution is -2.39. The molecule has 1 aromatic carbocycles. The van der Waals surface area contributed by atoms with Crippen LogP contribution in [0.3, 0.4) is 0 Å². The van der Waals surface area contributed by atoms with E-state index in [0.717, 1.165) is 6.20 Å². The number of amides is 1. The number of halogens is 5. The molecule has 0 unspecified atom stereocenters. The minimum absolute atomic E-state index is 0.0123. The summed E-state index contributed by atoms with van der Waals surface area (Å²) in [5, 5.41) is 9.22. The molecule has 1 aliphatic rings. The third-order valence-corrected chi connectivity index (χ3v) is 6.91. The summed E-state index contributed by atoms with van der Waals surface area (Å²) in [4.78, 5) is 22.7. The molecular weight excluding hydrogens is 540 g/mol. The van der Waals surface area contributed by atoms with Crippen molar-refractivity contribution in [2.45, 2.75) is 65.5 Å². The van der Waals surface area contributed by atoms with Crippen LogP contribution in [0.1, 0.15) is 57.5 Å². The van der Waals surface area contributed by atoms with E-state index in [0.29, 0.717) is 28.6 Å². The number of benzene rings is 1. The Morgan fingerprint density at radius 3 is 2.54 bits per heavy atom. The fourth-order valence-corrected chi connectivity index (χ4v) is 4.87. The van der Waals surface area contributed by atoms with Crippen molar-refractivity contribution >= 4 is 23.5 Å². The van der Waals surface area contributed by atoms with Crippen molar-refractivity contribution in [1.29, 1.82) is 0 Å². The Morgan fingerprint density at radius 2 is 1.90 bits per heavy atom. The van der Waals surface area contributed by atoms with Crippen LogP contribution < -0.4 is 4.90 Å². The van der Waals surface area contributed by atoms with Gasteiger partial charge in [0.25, 0.3) is 0 Å². The number of alkyl halides is 3. The summed E-state index contributed by atoms with van der Waals surface area (Å²) in [6.07, 6.45) is -2.12. The van der Waals surface area contributed by atoms with Crippen LogP contribution in [-0.4, -0.2) is 40.0 Å². The molecule has 0 saturated heterocycles. The molecule has 5 rings (SSSR count). The summed E-state index contributed by atoms with van der Waals surface area (Å²) in [5.74, 6) is -0.520. The number of carbonyl (C=O) groups excluding carboxylic acids is 1. The smallest absolute Gasteiger partial charge is 0.331 e. The van der Waals surface area contributed by atoms with Crippen molar-refractivity contribution in [3.63, 3.8) is 0 Å². The first-order valence-corrected chi connectivity index (χ1v) is 12.7. The van der Waals surface area contributed by atoms with E-state index in [9.17, 15) is 18.0 Å². The molecule has 39 heavy (non-hydrogen) atoms. The molecule has 4 heterocycles. The molecule has 206 valence electrons. The van der Waals surface area contributed by atoms with Gasteiger partial charge in [0.1, 0.15) is 17.3 Å². The van der Waals surface area contributed by atoms with E-state index in [-0.39, 0.29) is 42.3 Å². The molecule has 1 atom stereocenters. The molecule has 0 fully saturated rings. The minimum Gasteiger partial charge on any atom is -0.331 e. The maximum Gasteiger partial charge on any atom is 0.434 e. The third kappa shape index (κ3) is 4.68. The van der Waals surface area contributed by atoms with Crippen LogP contribution in [0, 0.1) is 5.82 Å². The van der Waals surface area contributed by atoms with E-state index in [1.807, 2.05) is 13.8 Å². The summed E-state index contributed by atoms with van der Waals surface area (Å²) >= 11 is 6.38. The standard InChI is InChI=1S/C25H25ClF4N8O/c1-5-35-12-19(25(28,29)30)32-23(35)16-7-6-15(10-18(16)27)14(4)37-20(39)8-9-36-24(37)33-22(34-36)21-17(26)11-31-38(21)13(2)3/h6-7,10-14H,5,8-9H2,1-4H3/t14-/m0/s1. The fraction of sp³-hybridized carbons (Fsp3) is 0.400. The Labute approximate surface area is 226 Å². The molecule has 3 aromatic heterocycles. The van der Waals surface area contributed by atoms with Crippen molar-refractivity contribution in [3.05, 3.63) is 52.7 Å². The zero-order valence-corrected chi connectivity index (χ0v) is 22.3. The van der Waals surface area contributed by atoms with E-state index < -0.39 is 23.7 Å². The molecule has 1 aliphatic heterocycles. The van der Waals surface area contributed by atoms with E-state index in [1.165, 1.54) is 27.8 Å². The highest BCUT2D eigenvalue weighted by atomic mass is 35.5. The van der Waals surface area contributed by atoms with Gasteiger partial charge in [0.15, 0.2) is 5.69 Å². The van der Waals surface area contributed by atoms with Crippen LogP contribution in [-0.2, 0) is 24.1 Å². The first kappa shape index (κ1) is 26.9. The summed E-state index contributed by atoms with van der Waals surface area (Å²) < 4.78 is 59.5. The predicted octanol–water partition coefficient (Wildman–Crippen LogP) is 5.92. The molecule has 0 radical (unpaired) electrons. The number of hydrogen-bond donors (Lipinski definition) is 0. The van der Waals surface area contributed by atoms with Gasteiger partial charge in [0, 0.05) is 25.2 Å². The topological polar surface area (TPSA) is 86.7 Å². The van der Waals surface area contributed by atoms with Gasteiger partial charge in [-0.1, -0.05) is 17.7 Å². The van der Waals surface area contributed by atoms with E-state index in [1.54, 1.807) is 29.3 Å². The molecule has 4 aromatic rings. The van der Waals surface area contributed by atoms with Gasteiger partial charge >= 0.3 is 6.18 Å². The lowest BCUT2D eigenvalue weighted by atomic mass is 10.0. The molecule has 0 bridgehead atoms. The Morgan fingerprint density at radius 1 is 1.15 bits per heavy atom. The monoisotopic (exact) mass is 564 g/mol. The first-order valence-electron chi connectivity index (χ1n) is 12.3. The quantitative estimate of drug-likeness (QED) is 0.272. The molecule has 0 spiro atoms. The molecule has 0 saturated carbocycles. The summed E-state index contributed by atoms with van der Waals surface area (Å²) in [5.41, 5.74) is -0.216. The van der Waals surface area contributed by atoms with E-state index >= 15 is 4.39 Å². The van der Waals surface area contributed by atoms with Crippen molar-refractivity contribution in [1.82, 2.24) is 34.1 Å². The van der Waals surface area contributed by atoms with Crippen LogP contribution in [0.15, 0.2) is 30.6 Å². The largest absolute Gasteiger partial charge is 0.434 e. The first-order chi connectivity index (χ1) is 18.4. The lowest BCUT2D eigenvalue weighted by Gasteiger charge is -2.31. The number of anilines is 1. The number of aryl methyl sites for hydroxylation is 2. The van der Waals surface area contributed by atoms with Gasteiger partial charge < -0.3 is 4.57 Å². The third-order valence-electron chi connectivity index (χ3n) is 6.64. The molecule has 0 N–H and O–H groups in total. The maximum atomic E-state index is 15.3. The average molecular weight is 565 g/mol. The number of nitrogens with zero attached hydrogens (tertiary/aromatic N) is 8. The molecule has 14 heteroatoms. The summed E-state index contributed by atoms with van der Waals surface area (Å²) in [7, 11) is 0. The molecule has 9 nitrogen and oxygen atoms in total. The van der Waals surface area contributed by atoms with Gasteiger partial charge in [0.2, 0.25) is 17.7 Å². The predicted molar refractivity (Wildman–Crippen MR) is 135 cm³/mol. The van der Waals surface area contributed by atoms with Crippen LogP contribution in [0.25, 0.3) is 22.9 Å². The number of carbonyl (C=O) groups is 1. The second-order valence-corrected chi connectivity index (χ2v) is 9.91. The highest BCUT2D eigenvalue weighted by Gasteiger charge is 2.36. The SMILES string of the molecule is CCn1cc(C(F)(F)F)nc1-c1ccc([C@H](C)N2C(=O)CCn3nc(-c4c(Cl)cnn4C(C)C)nc32)cc1F. The van der Waals surface area contributed by atoms with Gasteiger partial charge in [-0.05, 0) is 45.4 Å². The van der Waals surface area contributed by atoms with Gasteiger partial charge in [-0.15, -0.1) is 5.10 Å². The Hall–Kier alpha value is -3.74. The van der Waals surface area contributed by atoms with Gasteiger partial charge in [0.05, 0.1) is 29.4 Å². The summed E-state index contributed by atoms with van der Waals surface area (Å²) in [6.45, 7) is 7.73. The molecule has 0 aliphatic carbocycles. The van der Waals surface area contributed by atoms with E-state index in [4.69, 9.17) is 11.6 Å². The second kappa shape index (κ2) is 9.78. The number of aromatic nitrogens is 7. The zero-order chi connectivity index (χ0) is 28.2. The fourth-order valence-electron chi connectivity index (χ4n) is 4.66.